The third-order valence-corrected chi connectivity index (χ3v) is 8.85. The van der Waals surface area contributed by atoms with Crippen LogP contribution in [0, 0.1) is 5.92 Å². The normalized spacial score (nSPS) is 12.3. The highest BCUT2D eigenvalue weighted by Crippen LogP contribution is 2.15. The Bertz CT molecular complexity index is 618. The van der Waals surface area contributed by atoms with Crippen LogP contribution in [0.2, 0.25) is 0 Å². The quantitative estimate of drug-likeness (QED) is 0.0443. The van der Waals surface area contributed by atoms with Crippen molar-refractivity contribution in [2.75, 3.05) is 13.2 Å². The van der Waals surface area contributed by atoms with Gasteiger partial charge in [0.1, 0.15) is 12.4 Å². The van der Waals surface area contributed by atoms with Crippen LogP contribution in [0.15, 0.2) is 12.2 Å². The van der Waals surface area contributed by atoms with Gasteiger partial charge in [-0.25, -0.2) is 0 Å². The van der Waals surface area contributed by atoms with Crippen LogP contribution in [0.3, 0.4) is 0 Å². The van der Waals surface area contributed by atoms with E-state index in [1.807, 2.05) is 0 Å². The van der Waals surface area contributed by atoms with Crippen molar-refractivity contribution in [3.8, 4) is 0 Å². The second kappa shape index (κ2) is 35.3. The van der Waals surface area contributed by atoms with Crippen molar-refractivity contribution in [3.63, 3.8) is 0 Å². The summed E-state index contributed by atoms with van der Waals surface area (Å²) >= 11 is 0. The summed E-state index contributed by atoms with van der Waals surface area (Å²) in [5.74, 6) is -0.372. The standard InChI is InChI=1S/C39H75NO3/c1-3-5-7-9-11-13-15-17-19-21-23-25-27-29-31-33-38(41)37(35-40)36-43-39(42)34-32-30-28-26-24-22-20-18-16-14-12-10-8-6-4-2/h17,19,37H,3-16,18,20-36,40H2,1-2H3/b19-17-. The van der Waals surface area contributed by atoms with Gasteiger partial charge in [0.2, 0.25) is 0 Å². The fourth-order valence-corrected chi connectivity index (χ4v) is 5.77. The summed E-state index contributed by atoms with van der Waals surface area (Å²) < 4.78 is 5.42. The number of ether oxygens (including phenoxy) is 1. The zero-order valence-electron chi connectivity index (χ0n) is 29.2. The molecule has 254 valence electrons. The maximum absolute atomic E-state index is 12.5. The maximum atomic E-state index is 12.5. The minimum atomic E-state index is -0.346. The molecule has 0 spiro atoms. The van der Waals surface area contributed by atoms with E-state index in [-0.39, 0.29) is 30.8 Å². The van der Waals surface area contributed by atoms with Crippen LogP contribution >= 0.6 is 0 Å². The molecular weight excluding hydrogens is 530 g/mol. The number of allylic oxidation sites excluding steroid dienone is 2. The van der Waals surface area contributed by atoms with E-state index in [1.165, 1.54) is 154 Å². The number of hydrogen-bond acceptors (Lipinski definition) is 4. The molecule has 0 bridgehead atoms. The molecule has 4 heteroatoms. The van der Waals surface area contributed by atoms with Crippen LogP contribution in [-0.2, 0) is 14.3 Å². The molecule has 0 aliphatic carbocycles. The van der Waals surface area contributed by atoms with Crippen molar-refractivity contribution in [2.45, 2.75) is 206 Å². The molecule has 0 saturated heterocycles. The van der Waals surface area contributed by atoms with Crippen LogP contribution in [0.25, 0.3) is 0 Å². The minimum Gasteiger partial charge on any atom is -0.465 e. The first-order chi connectivity index (χ1) is 21.2. The van der Waals surface area contributed by atoms with E-state index in [2.05, 4.69) is 26.0 Å². The number of ketones is 1. The molecule has 0 aliphatic rings. The van der Waals surface area contributed by atoms with Crippen LogP contribution < -0.4 is 5.73 Å². The number of esters is 1. The maximum Gasteiger partial charge on any atom is 0.305 e. The molecule has 0 aliphatic heterocycles. The third kappa shape index (κ3) is 32.1. The molecule has 0 radical (unpaired) electrons. The van der Waals surface area contributed by atoms with Crippen molar-refractivity contribution in [2.24, 2.45) is 11.7 Å². The van der Waals surface area contributed by atoms with Crippen LogP contribution in [-0.4, -0.2) is 24.9 Å². The monoisotopic (exact) mass is 606 g/mol. The molecule has 0 heterocycles. The van der Waals surface area contributed by atoms with E-state index in [1.54, 1.807) is 0 Å². The number of unbranched alkanes of at least 4 members (excludes halogenated alkanes) is 25. The molecule has 4 nitrogen and oxygen atoms in total. The fourth-order valence-electron chi connectivity index (χ4n) is 5.77. The zero-order chi connectivity index (χ0) is 31.5. The summed E-state index contributed by atoms with van der Waals surface area (Å²) in [5, 5.41) is 0. The van der Waals surface area contributed by atoms with E-state index in [9.17, 15) is 9.59 Å². The van der Waals surface area contributed by atoms with E-state index < -0.39 is 0 Å². The van der Waals surface area contributed by atoms with E-state index in [4.69, 9.17) is 10.5 Å². The smallest absolute Gasteiger partial charge is 0.305 e. The topological polar surface area (TPSA) is 69.4 Å². The van der Waals surface area contributed by atoms with E-state index in [0.29, 0.717) is 12.8 Å². The first-order valence-corrected chi connectivity index (χ1v) is 19.2. The molecule has 1 atom stereocenters. The highest BCUT2D eigenvalue weighted by molar-refractivity contribution is 5.81. The molecule has 0 aromatic carbocycles. The molecule has 0 rings (SSSR count). The molecule has 0 saturated carbocycles. The number of carbonyl (C=O) groups excluding carboxylic acids is 2. The number of nitrogens with two attached hydrogens (primary N) is 1. The Hall–Kier alpha value is -1.16. The molecule has 0 aromatic heterocycles. The lowest BCUT2D eigenvalue weighted by Gasteiger charge is -2.14. The average Bonchev–Trinajstić information content (AvgIpc) is 3.01. The Balaban J connectivity index is 3.55. The largest absolute Gasteiger partial charge is 0.465 e. The van der Waals surface area contributed by atoms with Crippen LogP contribution in [0.4, 0.5) is 0 Å². The van der Waals surface area contributed by atoms with Gasteiger partial charge in [-0.05, 0) is 38.5 Å². The number of rotatable bonds is 35. The molecule has 43 heavy (non-hydrogen) atoms. The van der Waals surface area contributed by atoms with Gasteiger partial charge in [0.25, 0.3) is 0 Å². The highest BCUT2D eigenvalue weighted by atomic mass is 16.5. The van der Waals surface area contributed by atoms with Gasteiger partial charge in [-0.2, -0.15) is 0 Å². The summed E-state index contributed by atoms with van der Waals surface area (Å²) in [4.78, 5) is 24.7. The molecule has 2 N–H and O–H groups in total. The first kappa shape index (κ1) is 41.8. The molecule has 0 amide bonds. The molecule has 0 aromatic rings. The van der Waals surface area contributed by atoms with Crippen LogP contribution in [0.1, 0.15) is 206 Å². The molecule has 0 fully saturated rings. The zero-order valence-corrected chi connectivity index (χ0v) is 29.2. The van der Waals surface area contributed by atoms with Gasteiger partial charge in [-0.15, -0.1) is 0 Å². The van der Waals surface area contributed by atoms with Crippen molar-refractivity contribution in [3.05, 3.63) is 12.2 Å². The lowest BCUT2D eigenvalue weighted by Crippen LogP contribution is -2.29. The minimum absolute atomic E-state index is 0.151. The average molecular weight is 606 g/mol. The van der Waals surface area contributed by atoms with Gasteiger partial charge in [0, 0.05) is 19.4 Å². The Kier molecular flexibility index (Phi) is 34.4. The number of hydrogen-bond donors (Lipinski definition) is 1. The van der Waals surface area contributed by atoms with E-state index >= 15 is 0 Å². The van der Waals surface area contributed by atoms with Gasteiger partial charge >= 0.3 is 5.97 Å². The second-order valence-electron chi connectivity index (χ2n) is 13.1. The van der Waals surface area contributed by atoms with E-state index in [0.717, 1.165) is 25.7 Å². The SMILES string of the molecule is CCCCCCCC/C=C\CCCCCCCC(=O)C(CN)COC(=O)CCCCCCCCCCCCCCCCC. The Labute approximate surface area is 269 Å². The summed E-state index contributed by atoms with van der Waals surface area (Å²) in [6.07, 6.45) is 41.6. The number of carbonyl (C=O) groups is 2. The van der Waals surface area contributed by atoms with Gasteiger partial charge < -0.3 is 10.5 Å². The third-order valence-electron chi connectivity index (χ3n) is 8.85. The summed E-state index contributed by atoms with van der Waals surface area (Å²) in [7, 11) is 0. The predicted molar refractivity (Wildman–Crippen MR) is 188 cm³/mol. The van der Waals surface area contributed by atoms with Gasteiger partial charge in [0.05, 0.1) is 5.92 Å². The Morgan fingerprint density at radius 2 is 0.860 bits per heavy atom. The summed E-state index contributed by atoms with van der Waals surface area (Å²) in [6, 6.07) is 0. The lowest BCUT2D eigenvalue weighted by molar-refractivity contribution is -0.146. The van der Waals surface area contributed by atoms with Gasteiger partial charge in [0.15, 0.2) is 0 Å². The highest BCUT2D eigenvalue weighted by Gasteiger charge is 2.18. The Morgan fingerprint density at radius 3 is 1.26 bits per heavy atom. The van der Waals surface area contributed by atoms with Crippen molar-refractivity contribution < 1.29 is 14.3 Å². The summed E-state index contributed by atoms with van der Waals surface area (Å²) in [5.41, 5.74) is 5.83. The summed E-state index contributed by atoms with van der Waals surface area (Å²) in [6.45, 7) is 4.95. The van der Waals surface area contributed by atoms with Crippen molar-refractivity contribution >= 4 is 11.8 Å². The van der Waals surface area contributed by atoms with Gasteiger partial charge in [-0.3, -0.25) is 9.59 Å². The second-order valence-corrected chi connectivity index (χ2v) is 13.1. The molecular formula is C39H75NO3. The predicted octanol–water partition coefficient (Wildman–Crippen LogP) is 12.0. The van der Waals surface area contributed by atoms with Crippen molar-refractivity contribution in [1.29, 1.82) is 0 Å². The van der Waals surface area contributed by atoms with Gasteiger partial charge in [-0.1, -0.05) is 167 Å². The lowest BCUT2D eigenvalue weighted by atomic mass is 9.99. The number of Topliss-reactive ketones (excluding diaryl/α,β-unsaturated/α-hetero) is 1. The Morgan fingerprint density at radius 1 is 0.512 bits per heavy atom. The fraction of sp³-hybridized carbons (Fsp3) is 0.897. The molecule has 1 unspecified atom stereocenters. The van der Waals surface area contributed by atoms with Crippen LogP contribution in [0.5, 0.6) is 0 Å². The van der Waals surface area contributed by atoms with Crippen molar-refractivity contribution in [1.82, 2.24) is 0 Å². The first-order valence-electron chi connectivity index (χ1n) is 19.2.